The molecule has 0 aliphatic carbocycles. The second kappa shape index (κ2) is 7.80. The number of ether oxygens (including phenoxy) is 1. The van der Waals surface area contributed by atoms with Crippen molar-refractivity contribution in [1.82, 2.24) is 9.38 Å². The largest absolute Gasteiger partial charge is 0.493 e. The molecule has 0 fully saturated rings. The third kappa shape index (κ3) is 3.85. The van der Waals surface area contributed by atoms with Crippen molar-refractivity contribution in [3.05, 3.63) is 83.7 Å². The monoisotopic (exact) mass is 385 g/mol. The number of rotatable bonds is 5. The van der Waals surface area contributed by atoms with Gasteiger partial charge in [-0.25, -0.2) is 4.98 Å². The fourth-order valence-corrected chi connectivity index (χ4v) is 3.26. The molecule has 0 spiro atoms. The number of aromatic nitrogens is 2. The Kier molecular flexibility index (Phi) is 5.04. The van der Waals surface area contributed by atoms with Crippen LogP contribution in [0.15, 0.2) is 67.0 Å². The van der Waals surface area contributed by atoms with Gasteiger partial charge in [0, 0.05) is 23.6 Å². The lowest BCUT2D eigenvalue weighted by Gasteiger charge is -2.13. The van der Waals surface area contributed by atoms with Gasteiger partial charge in [0.15, 0.2) is 0 Å². The lowest BCUT2D eigenvalue weighted by molar-refractivity contribution is 0.102. The van der Waals surface area contributed by atoms with Crippen LogP contribution in [0.4, 0.5) is 5.69 Å². The van der Waals surface area contributed by atoms with Crippen LogP contribution in [0.2, 0.25) is 0 Å². The Labute approximate surface area is 170 Å². The molecule has 4 aromatic rings. The van der Waals surface area contributed by atoms with Crippen LogP contribution < -0.4 is 10.1 Å². The lowest BCUT2D eigenvalue weighted by atomic mass is 10.1. The number of nitrogens with one attached hydrogen (secondary N) is 1. The molecule has 0 atom stereocenters. The van der Waals surface area contributed by atoms with E-state index >= 15 is 0 Å². The minimum atomic E-state index is -0.195. The molecule has 1 N–H and O–H groups in total. The van der Waals surface area contributed by atoms with Crippen molar-refractivity contribution in [2.75, 3.05) is 11.9 Å². The van der Waals surface area contributed by atoms with E-state index in [0.717, 1.165) is 28.2 Å². The minimum absolute atomic E-state index is 0.195. The SMILES string of the molecule is CCOc1ccccc1C(=O)Nc1cc(-c2cn3ccc(C)cc3n2)ccc1C. The number of hydrogen-bond donors (Lipinski definition) is 1. The Balaban J connectivity index is 1.66. The molecule has 4 rings (SSSR count). The molecule has 5 nitrogen and oxygen atoms in total. The van der Waals surface area contributed by atoms with E-state index in [0.29, 0.717) is 17.9 Å². The van der Waals surface area contributed by atoms with Crippen molar-refractivity contribution in [3.63, 3.8) is 0 Å². The molecule has 0 saturated carbocycles. The summed E-state index contributed by atoms with van der Waals surface area (Å²) >= 11 is 0. The summed E-state index contributed by atoms with van der Waals surface area (Å²) in [5.41, 5.74) is 6.13. The van der Waals surface area contributed by atoms with E-state index in [4.69, 9.17) is 9.72 Å². The highest BCUT2D eigenvalue weighted by molar-refractivity contribution is 6.06. The van der Waals surface area contributed by atoms with Crippen molar-refractivity contribution in [1.29, 1.82) is 0 Å². The average Bonchev–Trinajstić information content (AvgIpc) is 3.13. The third-order valence-electron chi connectivity index (χ3n) is 4.83. The van der Waals surface area contributed by atoms with Crippen molar-refractivity contribution < 1.29 is 9.53 Å². The van der Waals surface area contributed by atoms with E-state index in [1.807, 2.05) is 74.0 Å². The summed E-state index contributed by atoms with van der Waals surface area (Å²) in [6.07, 6.45) is 4.00. The van der Waals surface area contributed by atoms with Crippen molar-refractivity contribution in [3.8, 4) is 17.0 Å². The first-order valence-corrected chi connectivity index (χ1v) is 9.64. The number of aryl methyl sites for hydroxylation is 2. The second-order valence-electron chi connectivity index (χ2n) is 7.01. The molecule has 1 amide bonds. The smallest absolute Gasteiger partial charge is 0.259 e. The number of benzene rings is 2. The zero-order valence-corrected chi connectivity index (χ0v) is 16.8. The molecule has 29 heavy (non-hydrogen) atoms. The van der Waals surface area contributed by atoms with Crippen LogP contribution in [0, 0.1) is 13.8 Å². The van der Waals surface area contributed by atoms with Crippen molar-refractivity contribution in [2.45, 2.75) is 20.8 Å². The highest BCUT2D eigenvalue weighted by Crippen LogP contribution is 2.27. The molecular weight excluding hydrogens is 362 g/mol. The standard InChI is InChI=1S/C24H23N3O2/c1-4-29-22-8-6-5-7-19(22)24(28)26-20-14-18(10-9-17(20)3)21-15-27-12-11-16(2)13-23(27)25-21/h5-15H,4H2,1-3H3,(H,26,28). The van der Waals surface area contributed by atoms with Gasteiger partial charge in [-0.1, -0.05) is 24.3 Å². The molecule has 5 heteroatoms. The Hall–Kier alpha value is -3.60. The summed E-state index contributed by atoms with van der Waals surface area (Å²) in [6.45, 7) is 6.43. The van der Waals surface area contributed by atoms with Crippen LogP contribution in [0.5, 0.6) is 5.75 Å². The summed E-state index contributed by atoms with van der Waals surface area (Å²) in [6, 6.07) is 17.3. The zero-order chi connectivity index (χ0) is 20.4. The molecule has 0 unspecified atom stereocenters. The molecule has 2 aromatic heterocycles. The molecule has 0 saturated heterocycles. The molecule has 0 aliphatic rings. The molecule has 146 valence electrons. The van der Waals surface area contributed by atoms with E-state index in [9.17, 15) is 4.79 Å². The van der Waals surface area contributed by atoms with Gasteiger partial charge >= 0.3 is 0 Å². The Bertz CT molecular complexity index is 1190. The van der Waals surface area contributed by atoms with Gasteiger partial charge in [0.25, 0.3) is 5.91 Å². The summed E-state index contributed by atoms with van der Waals surface area (Å²) in [4.78, 5) is 17.6. The topological polar surface area (TPSA) is 55.6 Å². The Morgan fingerprint density at radius 1 is 1.10 bits per heavy atom. The molecule has 2 heterocycles. The number of pyridine rings is 1. The molecule has 0 bridgehead atoms. The van der Waals surface area contributed by atoms with Crippen LogP contribution in [0.3, 0.4) is 0 Å². The molecule has 0 aliphatic heterocycles. The van der Waals surface area contributed by atoms with Gasteiger partial charge in [0.1, 0.15) is 11.4 Å². The summed E-state index contributed by atoms with van der Waals surface area (Å²) in [5, 5.41) is 3.02. The Morgan fingerprint density at radius 3 is 2.76 bits per heavy atom. The van der Waals surface area contributed by atoms with Gasteiger partial charge in [-0.05, 0) is 62.2 Å². The van der Waals surface area contributed by atoms with Crippen LogP contribution in [0.25, 0.3) is 16.9 Å². The normalized spacial score (nSPS) is 10.9. The predicted molar refractivity (Wildman–Crippen MR) is 116 cm³/mol. The van der Waals surface area contributed by atoms with Crippen molar-refractivity contribution >= 4 is 17.2 Å². The number of para-hydroxylation sites is 1. The summed E-state index contributed by atoms with van der Waals surface area (Å²) < 4.78 is 7.59. The highest BCUT2D eigenvalue weighted by atomic mass is 16.5. The number of amides is 1. The van der Waals surface area contributed by atoms with E-state index < -0.39 is 0 Å². The first-order valence-electron chi connectivity index (χ1n) is 9.64. The number of imidazole rings is 1. The van der Waals surface area contributed by atoms with Gasteiger partial charge in [-0.15, -0.1) is 0 Å². The minimum Gasteiger partial charge on any atom is -0.493 e. The number of hydrogen-bond acceptors (Lipinski definition) is 3. The maximum absolute atomic E-state index is 12.9. The molecule has 2 aromatic carbocycles. The van der Waals surface area contributed by atoms with Gasteiger partial charge in [-0.3, -0.25) is 4.79 Å². The highest BCUT2D eigenvalue weighted by Gasteiger charge is 2.14. The molecule has 0 radical (unpaired) electrons. The zero-order valence-electron chi connectivity index (χ0n) is 16.8. The molecular formula is C24H23N3O2. The van der Waals surface area contributed by atoms with E-state index in [1.165, 1.54) is 5.56 Å². The Morgan fingerprint density at radius 2 is 1.93 bits per heavy atom. The fraction of sp³-hybridized carbons (Fsp3) is 0.167. The van der Waals surface area contributed by atoms with Gasteiger partial charge in [0.05, 0.1) is 17.9 Å². The third-order valence-corrected chi connectivity index (χ3v) is 4.83. The van der Waals surface area contributed by atoms with Crippen LogP contribution in [-0.2, 0) is 0 Å². The maximum Gasteiger partial charge on any atom is 0.259 e. The van der Waals surface area contributed by atoms with Gasteiger partial charge in [-0.2, -0.15) is 0 Å². The summed E-state index contributed by atoms with van der Waals surface area (Å²) in [5.74, 6) is 0.386. The van der Waals surface area contributed by atoms with Crippen LogP contribution in [0.1, 0.15) is 28.4 Å². The second-order valence-corrected chi connectivity index (χ2v) is 7.01. The number of fused-ring (bicyclic) bond motifs is 1. The van der Waals surface area contributed by atoms with Crippen molar-refractivity contribution in [2.24, 2.45) is 0 Å². The van der Waals surface area contributed by atoms with E-state index in [1.54, 1.807) is 12.1 Å². The van der Waals surface area contributed by atoms with Gasteiger partial charge < -0.3 is 14.5 Å². The van der Waals surface area contributed by atoms with Crippen LogP contribution >= 0.6 is 0 Å². The van der Waals surface area contributed by atoms with Gasteiger partial charge in [0.2, 0.25) is 0 Å². The quantitative estimate of drug-likeness (QED) is 0.509. The summed E-state index contributed by atoms with van der Waals surface area (Å²) in [7, 11) is 0. The lowest BCUT2D eigenvalue weighted by Crippen LogP contribution is -2.14. The predicted octanol–water partition coefficient (Wildman–Crippen LogP) is 5.27. The first-order chi connectivity index (χ1) is 14.0. The van der Waals surface area contributed by atoms with Crippen LogP contribution in [-0.4, -0.2) is 21.9 Å². The number of carbonyl (C=O) groups is 1. The number of carbonyl (C=O) groups excluding carboxylic acids is 1. The van der Waals surface area contributed by atoms with E-state index in [-0.39, 0.29) is 5.91 Å². The number of anilines is 1. The first kappa shape index (κ1) is 18.7. The van der Waals surface area contributed by atoms with E-state index in [2.05, 4.69) is 11.4 Å². The average molecular weight is 385 g/mol. The fourth-order valence-electron chi connectivity index (χ4n) is 3.26. The number of nitrogens with zero attached hydrogens (tertiary/aromatic N) is 2. The maximum atomic E-state index is 12.9.